The third-order valence-corrected chi connectivity index (χ3v) is 10.8. The molecule has 0 fully saturated rings. The SMILES string of the molecule is c1ccc(-c2cccc(-c3cc4c5c(c3)-c3ccccc3N(c3ccccc3)B5c3ccc(-n5c6ccccc6c6ccccc65)cc3O4)c2)cc1. The molecule has 1 aromatic heterocycles. The van der Waals surface area contributed by atoms with Crippen molar-refractivity contribution in [2.45, 2.75) is 0 Å². The molecular weight excluding hydrogens is 631 g/mol. The van der Waals surface area contributed by atoms with Crippen molar-refractivity contribution in [2.75, 3.05) is 4.81 Å². The minimum absolute atomic E-state index is 0.0806. The Morgan fingerprint density at radius 1 is 0.404 bits per heavy atom. The lowest BCUT2D eigenvalue weighted by Gasteiger charge is -2.42. The van der Waals surface area contributed by atoms with Crippen LogP contribution in [0, 0.1) is 0 Å². The van der Waals surface area contributed by atoms with E-state index in [2.05, 4.69) is 197 Å². The van der Waals surface area contributed by atoms with Gasteiger partial charge in [0.15, 0.2) is 0 Å². The first-order valence-corrected chi connectivity index (χ1v) is 17.9. The zero-order valence-electron chi connectivity index (χ0n) is 28.3. The Balaban J connectivity index is 1.15. The van der Waals surface area contributed by atoms with Crippen LogP contribution in [0.25, 0.3) is 60.9 Å². The monoisotopic (exact) mass is 662 g/mol. The van der Waals surface area contributed by atoms with Crippen LogP contribution in [-0.4, -0.2) is 11.4 Å². The van der Waals surface area contributed by atoms with Crippen LogP contribution in [-0.2, 0) is 0 Å². The highest BCUT2D eigenvalue weighted by molar-refractivity contribution is 6.92. The minimum atomic E-state index is -0.0806. The van der Waals surface area contributed by atoms with E-state index >= 15 is 0 Å². The Bertz CT molecular complexity index is 2790. The molecule has 2 aliphatic rings. The van der Waals surface area contributed by atoms with Gasteiger partial charge in [0.25, 0.3) is 0 Å². The average molecular weight is 663 g/mol. The fourth-order valence-corrected chi connectivity index (χ4v) is 8.54. The van der Waals surface area contributed by atoms with Crippen LogP contribution in [0.4, 0.5) is 11.4 Å². The van der Waals surface area contributed by atoms with Gasteiger partial charge in [-0.1, -0.05) is 127 Å². The predicted octanol–water partition coefficient (Wildman–Crippen LogP) is 11.1. The molecule has 3 heterocycles. The lowest BCUT2D eigenvalue weighted by Crippen LogP contribution is -2.59. The van der Waals surface area contributed by atoms with Crippen molar-refractivity contribution in [3.8, 4) is 50.6 Å². The molecule has 0 amide bonds. The van der Waals surface area contributed by atoms with Crippen molar-refractivity contribution < 1.29 is 4.74 Å². The van der Waals surface area contributed by atoms with Crippen LogP contribution >= 0.6 is 0 Å². The highest BCUT2D eigenvalue weighted by Crippen LogP contribution is 2.46. The largest absolute Gasteiger partial charge is 0.458 e. The topological polar surface area (TPSA) is 17.4 Å². The van der Waals surface area contributed by atoms with Gasteiger partial charge in [-0.05, 0) is 87.9 Å². The summed E-state index contributed by atoms with van der Waals surface area (Å²) in [5.41, 5.74) is 15.2. The molecule has 0 unspecified atom stereocenters. The fourth-order valence-electron chi connectivity index (χ4n) is 8.54. The Kier molecular flexibility index (Phi) is 6.35. The van der Waals surface area contributed by atoms with Crippen LogP contribution in [0.3, 0.4) is 0 Å². The molecule has 3 nitrogen and oxygen atoms in total. The third-order valence-electron chi connectivity index (χ3n) is 10.8. The number of hydrogen-bond acceptors (Lipinski definition) is 2. The van der Waals surface area contributed by atoms with E-state index in [1.165, 1.54) is 55.2 Å². The smallest absolute Gasteiger partial charge is 0.336 e. The van der Waals surface area contributed by atoms with Gasteiger partial charge in [0, 0.05) is 44.9 Å². The van der Waals surface area contributed by atoms with Crippen molar-refractivity contribution in [2.24, 2.45) is 0 Å². The van der Waals surface area contributed by atoms with Gasteiger partial charge in [0.05, 0.1) is 11.0 Å². The maximum Gasteiger partial charge on any atom is 0.336 e. The van der Waals surface area contributed by atoms with Crippen LogP contribution in [0.1, 0.15) is 0 Å². The number of nitrogens with zero attached hydrogens (tertiary/aromatic N) is 2. The number of ether oxygens (including phenoxy) is 1. The molecule has 0 saturated carbocycles. The number of benzene rings is 8. The first-order valence-electron chi connectivity index (χ1n) is 17.9. The molecule has 0 spiro atoms. The van der Waals surface area contributed by atoms with Gasteiger partial charge in [0.1, 0.15) is 11.5 Å². The summed E-state index contributed by atoms with van der Waals surface area (Å²) in [4.78, 5) is 2.50. The van der Waals surface area contributed by atoms with Crippen molar-refractivity contribution in [1.29, 1.82) is 0 Å². The molecule has 11 rings (SSSR count). The number of fused-ring (bicyclic) bond motifs is 7. The molecule has 0 aliphatic carbocycles. The van der Waals surface area contributed by atoms with E-state index in [1.807, 2.05) is 0 Å². The Morgan fingerprint density at radius 2 is 1.04 bits per heavy atom. The van der Waals surface area contributed by atoms with Crippen molar-refractivity contribution in [1.82, 2.24) is 4.57 Å². The van der Waals surface area contributed by atoms with E-state index < -0.39 is 0 Å². The van der Waals surface area contributed by atoms with Crippen molar-refractivity contribution >= 4 is 51.0 Å². The standard InChI is InChI=1S/C48H31BN2O/c1-3-14-32(15-4-1)33-16-13-17-34(28-33)35-29-41-40-22-9-12-25-45(40)51(36-18-5-2-6-19-36)49-42-27-26-37(31-46(42)52-47(30-35)48(41)49)50-43-23-10-7-20-38(43)39-21-8-11-24-44(39)50/h1-31H. The summed E-state index contributed by atoms with van der Waals surface area (Å²) in [5.74, 6) is 1.77. The highest BCUT2D eigenvalue weighted by atomic mass is 16.5. The molecule has 4 heteroatoms. The molecule has 8 aromatic carbocycles. The van der Waals surface area contributed by atoms with E-state index in [9.17, 15) is 0 Å². The Morgan fingerprint density at radius 3 is 1.81 bits per heavy atom. The van der Waals surface area contributed by atoms with Gasteiger partial charge in [-0.25, -0.2) is 0 Å². The molecule has 9 aromatic rings. The maximum atomic E-state index is 7.12. The van der Waals surface area contributed by atoms with Gasteiger partial charge in [-0.2, -0.15) is 0 Å². The summed E-state index contributed by atoms with van der Waals surface area (Å²) >= 11 is 0. The van der Waals surface area contributed by atoms with Crippen LogP contribution in [0.5, 0.6) is 11.5 Å². The Labute approximate surface area is 302 Å². The summed E-state index contributed by atoms with van der Waals surface area (Å²) in [5, 5.41) is 2.49. The number of rotatable bonds is 4. The molecule has 2 aliphatic heterocycles. The number of anilines is 2. The van der Waals surface area contributed by atoms with Crippen LogP contribution < -0.4 is 20.5 Å². The highest BCUT2D eigenvalue weighted by Gasteiger charge is 2.44. The van der Waals surface area contributed by atoms with Gasteiger partial charge < -0.3 is 14.1 Å². The lowest BCUT2D eigenvalue weighted by atomic mass is 9.44. The second kappa shape index (κ2) is 11.4. The van der Waals surface area contributed by atoms with Gasteiger partial charge in [-0.3, -0.25) is 0 Å². The third kappa shape index (κ3) is 4.34. The van der Waals surface area contributed by atoms with E-state index in [0.29, 0.717) is 0 Å². The molecule has 242 valence electrons. The van der Waals surface area contributed by atoms with E-state index in [0.717, 1.165) is 39.5 Å². The van der Waals surface area contributed by atoms with Crippen molar-refractivity contribution in [3.63, 3.8) is 0 Å². The second-order valence-corrected chi connectivity index (χ2v) is 13.7. The summed E-state index contributed by atoms with van der Waals surface area (Å²) in [7, 11) is 0. The molecule has 0 bridgehead atoms. The zero-order valence-corrected chi connectivity index (χ0v) is 28.3. The Hall–Kier alpha value is -6.78. The van der Waals surface area contributed by atoms with E-state index in [1.54, 1.807) is 0 Å². The molecule has 52 heavy (non-hydrogen) atoms. The predicted molar refractivity (Wildman–Crippen MR) is 217 cm³/mol. The van der Waals surface area contributed by atoms with Crippen LogP contribution in [0.15, 0.2) is 188 Å². The van der Waals surface area contributed by atoms with Gasteiger partial charge in [-0.15, -0.1) is 0 Å². The van der Waals surface area contributed by atoms with Crippen molar-refractivity contribution in [3.05, 3.63) is 188 Å². The quantitative estimate of drug-likeness (QED) is 0.175. The van der Waals surface area contributed by atoms with Crippen LogP contribution in [0.2, 0.25) is 0 Å². The number of para-hydroxylation sites is 4. The first kappa shape index (κ1) is 29.0. The average Bonchev–Trinajstić information content (AvgIpc) is 3.55. The minimum Gasteiger partial charge on any atom is -0.458 e. The maximum absolute atomic E-state index is 7.12. The normalized spacial score (nSPS) is 12.7. The second-order valence-electron chi connectivity index (χ2n) is 13.7. The van der Waals surface area contributed by atoms with E-state index in [4.69, 9.17) is 4.74 Å². The lowest BCUT2D eigenvalue weighted by molar-refractivity contribution is 0.487. The summed E-state index contributed by atoms with van der Waals surface area (Å²) < 4.78 is 9.49. The number of hydrogen-bond donors (Lipinski definition) is 0. The first-order chi connectivity index (χ1) is 25.8. The molecule has 0 atom stereocenters. The summed E-state index contributed by atoms with van der Waals surface area (Å²) in [6.07, 6.45) is 0. The number of aromatic nitrogens is 1. The molecule has 0 radical (unpaired) electrons. The van der Waals surface area contributed by atoms with E-state index in [-0.39, 0.29) is 6.85 Å². The summed E-state index contributed by atoms with van der Waals surface area (Å²) in [6, 6.07) is 67.8. The van der Waals surface area contributed by atoms with Gasteiger partial charge in [0.2, 0.25) is 0 Å². The molecule has 0 saturated heterocycles. The fraction of sp³-hybridized carbons (Fsp3) is 0. The molecule has 0 N–H and O–H groups in total. The van der Waals surface area contributed by atoms with Gasteiger partial charge >= 0.3 is 6.85 Å². The molecular formula is C48H31BN2O. The zero-order chi connectivity index (χ0) is 34.2. The summed E-state index contributed by atoms with van der Waals surface area (Å²) in [6.45, 7) is -0.0806.